The van der Waals surface area contributed by atoms with Gasteiger partial charge in [-0.3, -0.25) is 4.79 Å². The van der Waals surface area contributed by atoms with E-state index in [0.29, 0.717) is 19.5 Å². The number of nitrogens with one attached hydrogen (secondary N) is 1. The van der Waals surface area contributed by atoms with E-state index in [1.54, 1.807) is 11.3 Å². The highest BCUT2D eigenvalue weighted by molar-refractivity contribution is 7.12. The van der Waals surface area contributed by atoms with Crippen LogP contribution < -0.4 is 11.1 Å². The lowest BCUT2D eigenvalue weighted by atomic mass is 9.71. The van der Waals surface area contributed by atoms with Gasteiger partial charge in [-0.15, -0.1) is 11.3 Å². The number of amides is 1. The topological polar surface area (TPSA) is 68.0 Å². The maximum atomic E-state index is 12.4. The van der Waals surface area contributed by atoms with Crippen LogP contribution in [0.15, 0.2) is 30.3 Å². The number of nitrogens with zero attached hydrogens (tertiary/aromatic N) is 1. The van der Waals surface area contributed by atoms with Crippen LogP contribution in [0, 0.1) is 12.3 Å². The van der Waals surface area contributed by atoms with E-state index in [4.69, 9.17) is 10.7 Å². The van der Waals surface area contributed by atoms with Gasteiger partial charge in [-0.2, -0.15) is 0 Å². The lowest BCUT2D eigenvalue weighted by Gasteiger charge is -2.35. The summed E-state index contributed by atoms with van der Waals surface area (Å²) in [5.41, 5.74) is 8.23. The van der Waals surface area contributed by atoms with Crippen molar-refractivity contribution in [2.45, 2.75) is 51.9 Å². The van der Waals surface area contributed by atoms with Crippen LogP contribution in [0.1, 0.15) is 48.4 Å². The third-order valence-electron chi connectivity index (χ3n) is 5.43. The van der Waals surface area contributed by atoms with Crippen LogP contribution in [0.5, 0.6) is 0 Å². The molecule has 1 heterocycles. The Balaban J connectivity index is 1.51. The maximum Gasteiger partial charge on any atom is 0.220 e. The van der Waals surface area contributed by atoms with Crippen molar-refractivity contribution < 1.29 is 4.79 Å². The van der Waals surface area contributed by atoms with Crippen LogP contribution in [-0.4, -0.2) is 24.0 Å². The number of thiazole rings is 1. The third kappa shape index (κ3) is 4.71. The van der Waals surface area contributed by atoms with E-state index in [1.807, 2.05) is 18.2 Å². The Labute approximate surface area is 160 Å². The minimum Gasteiger partial charge on any atom is -0.356 e. The lowest BCUT2D eigenvalue weighted by molar-refractivity contribution is -0.123. The molecule has 0 atom stereocenters. The van der Waals surface area contributed by atoms with Gasteiger partial charge in [0, 0.05) is 29.8 Å². The largest absolute Gasteiger partial charge is 0.356 e. The normalized spacial score (nSPS) is 16.4. The summed E-state index contributed by atoms with van der Waals surface area (Å²) >= 11 is 1.72. The SMILES string of the molecule is Cc1sc(CCNC(=O)CC2(CN)CCCCC2)nc1-c1ccccc1. The highest BCUT2D eigenvalue weighted by atomic mass is 32.1. The van der Waals surface area contributed by atoms with Gasteiger partial charge >= 0.3 is 0 Å². The average Bonchev–Trinajstić information content (AvgIpc) is 3.03. The highest BCUT2D eigenvalue weighted by Crippen LogP contribution is 2.38. The molecule has 0 unspecified atom stereocenters. The van der Waals surface area contributed by atoms with Gasteiger partial charge in [0.1, 0.15) is 0 Å². The molecule has 4 nitrogen and oxygen atoms in total. The van der Waals surface area contributed by atoms with E-state index in [1.165, 1.54) is 24.1 Å². The first kappa shape index (κ1) is 19.1. The molecule has 2 aromatic rings. The number of carbonyl (C=O) groups excluding carboxylic acids is 1. The van der Waals surface area contributed by atoms with Crippen LogP contribution in [0.4, 0.5) is 0 Å². The number of aryl methyl sites for hydroxylation is 1. The van der Waals surface area contributed by atoms with Gasteiger partial charge in [0.25, 0.3) is 0 Å². The smallest absolute Gasteiger partial charge is 0.220 e. The Kier molecular flexibility index (Phi) is 6.43. The van der Waals surface area contributed by atoms with Gasteiger partial charge in [-0.1, -0.05) is 49.6 Å². The zero-order valence-corrected chi connectivity index (χ0v) is 16.4. The number of rotatable bonds is 7. The fraction of sp³-hybridized carbons (Fsp3) is 0.524. The predicted molar refractivity (Wildman–Crippen MR) is 108 cm³/mol. The molecule has 1 fully saturated rings. The quantitative estimate of drug-likeness (QED) is 0.771. The van der Waals surface area contributed by atoms with Crippen LogP contribution >= 0.6 is 11.3 Å². The molecule has 0 radical (unpaired) electrons. The molecule has 1 amide bonds. The fourth-order valence-corrected chi connectivity index (χ4v) is 4.84. The minimum absolute atomic E-state index is 0.0284. The number of hydrogen-bond donors (Lipinski definition) is 2. The molecule has 3 N–H and O–H groups in total. The molecule has 1 aliphatic rings. The van der Waals surface area contributed by atoms with E-state index < -0.39 is 0 Å². The summed E-state index contributed by atoms with van der Waals surface area (Å²) in [5, 5.41) is 4.15. The molecule has 0 aliphatic heterocycles. The number of nitrogens with two attached hydrogens (primary N) is 1. The minimum atomic E-state index is 0.0284. The van der Waals surface area contributed by atoms with Crippen molar-refractivity contribution in [2.24, 2.45) is 11.1 Å². The second-order valence-corrected chi connectivity index (χ2v) is 8.71. The molecule has 1 aromatic carbocycles. The van der Waals surface area contributed by atoms with Gasteiger partial charge in [-0.05, 0) is 31.7 Å². The van der Waals surface area contributed by atoms with Crippen molar-refractivity contribution in [3.05, 3.63) is 40.2 Å². The van der Waals surface area contributed by atoms with E-state index in [9.17, 15) is 4.79 Å². The number of benzene rings is 1. The molecule has 5 heteroatoms. The lowest BCUT2D eigenvalue weighted by Crippen LogP contribution is -2.39. The summed E-state index contributed by atoms with van der Waals surface area (Å²) in [4.78, 5) is 18.4. The Morgan fingerprint density at radius 1 is 1.23 bits per heavy atom. The molecule has 3 rings (SSSR count). The molecule has 0 bridgehead atoms. The first-order chi connectivity index (χ1) is 12.6. The van der Waals surface area contributed by atoms with E-state index in [-0.39, 0.29) is 11.3 Å². The molecule has 140 valence electrons. The summed E-state index contributed by atoms with van der Waals surface area (Å²) in [5.74, 6) is 0.133. The fourth-order valence-electron chi connectivity index (χ4n) is 3.89. The van der Waals surface area contributed by atoms with Crippen molar-refractivity contribution in [1.29, 1.82) is 0 Å². The summed E-state index contributed by atoms with van der Waals surface area (Å²) in [7, 11) is 0. The number of aromatic nitrogens is 1. The van der Waals surface area contributed by atoms with Crippen molar-refractivity contribution in [3.8, 4) is 11.3 Å². The van der Waals surface area contributed by atoms with Crippen LogP contribution in [-0.2, 0) is 11.2 Å². The zero-order chi connectivity index (χ0) is 18.4. The average molecular weight is 372 g/mol. The maximum absolute atomic E-state index is 12.4. The van der Waals surface area contributed by atoms with Crippen molar-refractivity contribution in [1.82, 2.24) is 10.3 Å². The first-order valence-corrected chi connectivity index (χ1v) is 10.4. The summed E-state index contributed by atoms with van der Waals surface area (Å²) in [6, 6.07) is 10.3. The Bertz CT molecular complexity index is 720. The van der Waals surface area contributed by atoms with E-state index in [0.717, 1.165) is 35.5 Å². The first-order valence-electron chi connectivity index (χ1n) is 9.60. The van der Waals surface area contributed by atoms with E-state index in [2.05, 4.69) is 24.4 Å². The van der Waals surface area contributed by atoms with E-state index >= 15 is 0 Å². The molecule has 1 aromatic heterocycles. The second-order valence-electron chi connectivity index (χ2n) is 7.42. The van der Waals surface area contributed by atoms with Gasteiger partial charge in [0.05, 0.1) is 10.7 Å². The van der Waals surface area contributed by atoms with Crippen LogP contribution in [0.25, 0.3) is 11.3 Å². The van der Waals surface area contributed by atoms with Gasteiger partial charge in [0.2, 0.25) is 5.91 Å². The van der Waals surface area contributed by atoms with Gasteiger partial charge in [0.15, 0.2) is 0 Å². The second kappa shape index (κ2) is 8.78. The molecule has 1 aliphatic carbocycles. The van der Waals surface area contributed by atoms with Crippen molar-refractivity contribution >= 4 is 17.2 Å². The van der Waals surface area contributed by atoms with Gasteiger partial charge in [-0.25, -0.2) is 4.98 Å². The zero-order valence-electron chi connectivity index (χ0n) is 15.6. The third-order valence-corrected chi connectivity index (χ3v) is 6.46. The highest BCUT2D eigenvalue weighted by Gasteiger charge is 2.32. The summed E-state index contributed by atoms with van der Waals surface area (Å²) in [6.45, 7) is 3.36. The van der Waals surface area contributed by atoms with Crippen molar-refractivity contribution in [2.75, 3.05) is 13.1 Å². The summed E-state index contributed by atoms with van der Waals surface area (Å²) < 4.78 is 0. The monoisotopic (exact) mass is 371 g/mol. The Morgan fingerprint density at radius 3 is 2.65 bits per heavy atom. The molecular weight excluding hydrogens is 342 g/mol. The number of carbonyl (C=O) groups is 1. The summed E-state index contributed by atoms with van der Waals surface area (Å²) in [6.07, 6.45) is 7.19. The van der Waals surface area contributed by atoms with Crippen LogP contribution in [0.2, 0.25) is 0 Å². The molecular formula is C21H29N3OS. The number of hydrogen-bond acceptors (Lipinski definition) is 4. The molecule has 26 heavy (non-hydrogen) atoms. The standard InChI is InChI=1S/C21H29N3OS/c1-16-20(17-8-4-2-5-9-17)24-19(26-16)10-13-23-18(25)14-21(15-22)11-6-3-7-12-21/h2,4-5,8-9H,3,6-7,10-15,22H2,1H3,(H,23,25). The molecule has 1 saturated carbocycles. The molecule has 0 spiro atoms. The Hall–Kier alpha value is -1.72. The van der Waals surface area contributed by atoms with Crippen molar-refractivity contribution in [3.63, 3.8) is 0 Å². The van der Waals surface area contributed by atoms with Gasteiger partial charge < -0.3 is 11.1 Å². The Morgan fingerprint density at radius 2 is 1.96 bits per heavy atom. The predicted octanol–water partition coefficient (Wildman–Crippen LogP) is 4.08. The molecule has 0 saturated heterocycles. The van der Waals surface area contributed by atoms with Crippen LogP contribution in [0.3, 0.4) is 0 Å².